The van der Waals surface area contributed by atoms with Crippen molar-refractivity contribution in [1.82, 2.24) is 0 Å². The molecule has 4 N–H and O–H groups in total. The summed E-state index contributed by atoms with van der Waals surface area (Å²) in [5, 5.41) is 21.4. The van der Waals surface area contributed by atoms with Gasteiger partial charge < -0.3 is 16.1 Å². The van der Waals surface area contributed by atoms with Gasteiger partial charge >= 0.3 is 0 Å². The predicted molar refractivity (Wildman–Crippen MR) is 41.6 cm³/mol. The zero-order valence-electron chi connectivity index (χ0n) is 5.73. The molecule has 0 saturated carbocycles. The Labute approximate surface area is 63.6 Å². The van der Waals surface area contributed by atoms with E-state index in [2.05, 4.69) is 5.10 Å². The first-order valence-electron chi connectivity index (χ1n) is 3.00. The molecule has 0 aromatic heterocycles. The van der Waals surface area contributed by atoms with Crippen molar-refractivity contribution in [2.45, 2.75) is 0 Å². The average Bonchev–Trinajstić information content (AvgIpc) is 1.97. The first kappa shape index (κ1) is 7.40. The van der Waals surface area contributed by atoms with Gasteiger partial charge in [0, 0.05) is 0 Å². The Morgan fingerprint density at radius 3 is 2.27 bits per heavy atom. The zero-order chi connectivity index (χ0) is 8.27. The van der Waals surface area contributed by atoms with E-state index in [1.54, 1.807) is 0 Å². The maximum atomic E-state index is 9.12. The lowest BCUT2D eigenvalue weighted by atomic mass is 10.2. The Morgan fingerprint density at radius 2 is 1.82 bits per heavy atom. The summed E-state index contributed by atoms with van der Waals surface area (Å²) < 4.78 is 0. The molecule has 0 radical (unpaired) electrons. The molecule has 0 spiro atoms. The van der Waals surface area contributed by atoms with Gasteiger partial charge in [-0.25, -0.2) is 0 Å². The topological polar surface area (TPSA) is 78.8 Å². The van der Waals surface area contributed by atoms with E-state index < -0.39 is 0 Å². The molecule has 0 bridgehead atoms. The lowest BCUT2D eigenvalue weighted by molar-refractivity contribution is 0.449. The number of phenols is 2. The molecule has 1 aromatic carbocycles. The molecular weight excluding hydrogens is 144 g/mol. The number of rotatable bonds is 1. The number of hydrogen-bond acceptors (Lipinski definition) is 4. The van der Waals surface area contributed by atoms with Crippen LogP contribution in [0.5, 0.6) is 11.5 Å². The maximum Gasteiger partial charge on any atom is 0.128 e. The number of hydrazone groups is 1. The SMILES string of the molecule is NN=Cc1c(O)cccc1O. The van der Waals surface area contributed by atoms with Crippen molar-refractivity contribution in [3.8, 4) is 11.5 Å². The number of hydrogen-bond donors (Lipinski definition) is 3. The molecule has 0 heterocycles. The van der Waals surface area contributed by atoms with Gasteiger partial charge in [0.05, 0.1) is 11.8 Å². The van der Waals surface area contributed by atoms with E-state index in [1.807, 2.05) is 0 Å². The molecule has 4 heteroatoms. The van der Waals surface area contributed by atoms with Crippen LogP contribution in [0.15, 0.2) is 23.3 Å². The van der Waals surface area contributed by atoms with E-state index in [1.165, 1.54) is 24.4 Å². The average molecular weight is 152 g/mol. The first-order valence-corrected chi connectivity index (χ1v) is 3.00. The summed E-state index contributed by atoms with van der Waals surface area (Å²) in [6.07, 6.45) is 1.19. The van der Waals surface area contributed by atoms with Crippen LogP contribution >= 0.6 is 0 Å². The van der Waals surface area contributed by atoms with Gasteiger partial charge in [-0.1, -0.05) is 6.07 Å². The third-order valence-corrected chi connectivity index (χ3v) is 1.26. The normalized spacial score (nSPS) is 10.5. The Hall–Kier alpha value is -1.71. The van der Waals surface area contributed by atoms with E-state index >= 15 is 0 Å². The van der Waals surface area contributed by atoms with E-state index in [-0.39, 0.29) is 17.1 Å². The molecule has 0 aliphatic rings. The Kier molecular flexibility index (Phi) is 1.96. The molecule has 0 aliphatic carbocycles. The van der Waals surface area contributed by atoms with Crippen molar-refractivity contribution < 1.29 is 10.2 Å². The lowest BCUT2D eigenvalue weighted by Gasteiger charge is -1.99. The van der Waals surface area contributed by atoms with Crippen LogP contribution in [0.25, 0.3) is 0 Å². The van der Waals surface area contributed by atoms with E-state index in [4.69, 9.17) is 16.1 Å². The highest BCUT2D eigenvalue weighted by Crippen LogP contribution is 2.23. The minimum atomic E-state index is -0.0424. The van der Waals surface area contributed by atoms with Crippen LogP contribution < -0.4 is 5.84 Å². The van der Waals surface area contributed by atoms with Crippen LogP contribution in [-0.4, -0.2) is 16.4 Å². The second-order valence-corrected chi connectivity index (χ2v) is 1.99. The third kappa shape index (κ3) is 1.40. The number of aromatic hydroxyl groups is 2. The second kappa shape index (κ2) is 2.92. The molecule has 0 aliphatic heterocycles. The molecule has 1 aromatic rings. The Bertz CT molecular complexity index is 264. The highest BCUT2D eigenvalue weighted by Gasteiger charge is 2.01. The summed E-state index contributed by atoms with van der Waals surface area (Å²) in [5.41, 5.74) is 0.231. The van der Waals surface area contributed by atoms with Gasteiger partial charge in [-0.15, -0.1) is 0 Å². The standard InChI is InChI=1S/C7H8N2O2/c8-9-4-5-6(10)2-1-3-7(5)11/h1-4,10-11H,8H2. The van der Waals surface area contributed by atoms with Gasteiger partial charge in [0.2, 0.25) is 0 Å². The highest BCUT2D eigenvalue weighted by atomic mass is 16.3. The van der Waals surface area contributed by atoms with Crippen molar-refractivity contribution in [3.63, 3.8) is 0 Å². The quantitative estimate of drug-likeness (QED) is 0.309. The monoisotopic (exact) mass is 152 g/mol. The van der Waals surface area contributed by atoms with E-state index in [9.17, 15) is 0 Å². The number of nitrogens with two attached hydrogens (primary N) is 1. The molecule has 1 rings (SSSR count). The Morgan fingerprint density at radius 1 is 1.27 bits per heavy atom. The van der Waals surface area contributed by atoms with Crippen LogP contribution in [0.4, 0.5) is 0 Å². The van der Waals surface area contributed by atoms with Crippen LogP contribution in [0.3, 0.4) is 0 Å². The lowest BCUT2D eigenvalue weighted by Crippen LogP contribution is -1.87. The molecule has 0 unspecified atom stereocenters. The van der Waals surface area contributed by atoms with Crippen molar-refractivity contribution in [2.75, 3.05) is 0 Å². The Balaban J connectivity index is 3.20. The first-order chi connectivity index (χ1) is 5.25. The van der Waals surface area contributed by atoms with E-state index in [0.717, 1.165) is 0 Å². The number of nitrogens with zero attached hydrogens (tertiary/aromatic N) is 1. The largest absolute Gasteiger partial charge is 0.507 e. The minimum Gasteiger partial charge on any atom is -0.507 e. The van der Waals surface area contributed by atoms with E-state index in [0.29, 0.717) is 0 Å². The predicted octanol–water partition coefficient (Wildman–Crippen LogP) is 0.390. The van der Waals surface area contributed by atoms with Crippen LogP contribution in [-0.2, 0) is 0 Å². The summed E-state index contributed by atoms with van der Waals surface area (Å²) in [4.78, 5) is 0. The molecule has 0 fully saturated rings. The van der Waals surface area contributed by atoms with Gasteiger partial charge in [0.1, 0.15) is 11.5 Å². The fourth-order valence-electron chi connectivity index (χ4n) is 0.748. The number of phenolic OH excluding ortho intramolecular Hbond substituents is 2. The van der Waals surface area contributed by atoms with Crippen LogP contribution in [0, 0.1) is 0 Å². The third-order valence-electron chi connectivity index (χ3n) is 1.26. The molecular formula is C7H8N2O2. The second-order valence-electron chi connectivity index (χ2n) is 1.99. The van der Waals surface area contributed by atoms with Crippen molar-refractivity contribution in [1.29, 1.82) is 0 Å². The van der Waals surface area contributed by atoms with Gasteiger partial charge in [0.25, 0.3) is 0 Å². The summed E-state index contributed by atoms with van der Waals surface area (Å²) in [7, 11) is 0. The summed E-state index contributed by atoms with van der Waals surface area (Å²) in [6.45, 7) is 0. The molecule has 0 saturated heterocycles. The minimum absolute atomic E-state index is 0.0424. The summed E-state index contributed by atoms with van der Waals surface area (Å²) in [6, 6.07) is 4.41. The molecule has 58 valence electrons. The maximum absolute atomic E-state index is 9.12. The fourth-order valence-corrected chi connectivity index (χ4v) is 0.748. The van der Waals surface area contributed by atoms with Gasteiger partial charge in [-0.05, 0) is 12.1 Å². The summed E-state index contributed by atoms with van der Waals surface area (Å²) >= 11 is 0. The molecule has 0 amide bonds. The smallest absolute Gasteiger partial charge is 0.128 e. The van der Waals surface area contributed by atoms with Crippen molar-refractivity contribution in [2.24, 2.45) is 10.9 Å². The number of benzene rings is 1. The van der Waals surface area contributed by atoms with Crippen LogP contribution in [0.1, 0.15) is 5.56 Å². The van der Waals surface area contributed by atoms with Crippen LogP contribution in [0.2, 0.25) is 0 Å². The summed E-state index contributed by atoms with van der Waals surface area (Å²) in [5.74, 6) is 4.76. The van der Waals surface area contributed by atoms with Gasteiger partial charge in [-0.2, -0.15) is 5.10 Å². The van der Waals surface area contributed by atoms with Gasteiger partial charge in [-0.3, -0.25) is 0 Å². The molecule has 0 atom stereocenters. The highest BCUT2D eigenvalue weighted by molar-refractivity contribution is 5.86. The van der Waals surface area contributed by atoms with Gasteiger partial charge in [0.15, 0.2) is 0 Å². The molecule has 4 nitrogen and oxygen atoms in total. The zero-order valence-corrected chi connectivity index (χ0v) is 5.73. The van der Waals surface area contributed by atoms with Crippen molar-refractivity contribution in [3.05, 3.63) is 23.8 Å². The fraction of sp³-hybridized carbons (Fsp3) is 0. The van der Waals surface area contributed by atoms with Crippen molar-refractivity contribution >= 4 is 6.21 Å². The molecule has 11 heavy (non-hydrogen) atoms.